The molecule has 1 aromatic rings. The van der Waals surface area contributed by atoms with E-state index < -0.39 is 0 Å². The van der Waals surface area contributed by atoms with E-state index in [1.807, 2.05) is 20.8 Å². The molecule has 1 heterocycles. The zero-order chi connectivity index (χ0) is 14.6. The van der Waals surface area contributed by atoms with Gasteiger partial charge in [-0.2, -0.15) is 0 Å². The molecular weight excluding hydrogens is 364 g/mol. The molecule has 1 aromatic heterocycles. The fourth-order valence-corrected chi connectivity index (χ4v) is 3.34. The molecule has 116 valence electrons. The summed E-state index contributed by atoms with van der Waals surface area (Å²) < 4.78 is 6.12. The predicted molar refractivity (Wildman–Crippen MR) is 90.4 cm³/mol. The number of methoxy groups -OCH3 is 1. The van der Waals surface area contributed by atoms with Crippen molar-refractivity contribution in [3.63, 3.8) is 0 Å². The summed E-state index contributed by atoms with van der Waals surface area (Å²) >= 11 is 4.84. The Balaban J connectivity index is 0.00000361. The van der Waals surface area contributed by atoms with Crippen LogP contribution in [0, 0.1) is 6.92 Å². The Morgan fingerprint density at radius 3 is 2.45 bits per heavy atom. The van der Waals surface area contributed by atoms with Crippen molar-refractivity contribution in [3.8, 4) is 5.75 Å². The fraction of sp³-hybridized carbons (Fsp3) is 0.615. The zero-order valence-electron chi connectivity index (χ0n) is 12.2. The molecule has 20 heavy (non-hydrogen) atoms. The number of rotatable bonds is 6. The second-order valence-corrected chi connectivity index (χ2v) is 6.60. The van der Waals surface area contributed by atoms with Crippen molar-refractivity contribution in [3.05, 3.63) is 14.2 Å². The summed E-state index contributed by atoms with van der Waals surface area (Å²) in [5.74, 6) is 0.461. The van der Waals surface area contributed by atoms with E-state index in [0.717, 1.165) is 22.2 Å². The topological polar surface area (TPSA) is 64.3 Å². The third kappa shape index (κ3) is 4.35. The Labute approximate surface area is 139 Å². The van der Waals surface area contributed by atoms with Crippen LogP contribution in [-0.4, -0.2) is 25.1 Å². The van der Waals surface area contributed by atoms with Crippen LogP contribution in [0.25, 0.3) is 0 Å². The van der Waals surface area contributed by atoms with E-state index in [0.29, 0.717) is 17.2 Å². The number of aryl methyl sites for hydroxylation is 1. The predicted octanol–water partition coefficient (Wildman–Crippen LogP) is 3.50. The maximum Gasteiger partial charge on any atom is 0.265 e. The normalized spacial score (nSPS) is 10.9. The Bertz CT molecular complexity index is 461. The zero-order valence-corrected chi connectivity index (χ0v) is 15.4. The number of halogens is 2. The van der Waals surface area contributed by atoms with Gasteiger partial charge in [0.1, 0.15) is 4.88 Å². The van der Waals surface area contributed by atoms with Crippen molar-refractivity contribution in [1.82, 2.24) is 5.32 Å². The highest BCUT2D eigenvalue weighted by atomic mass is 79.9. The molecule has 3 N–H and O–H groups in total. The minimum Gasteiger partial charge on any atom is -0.494 e. The molecule has 0 aromatic carbocycles. The smallest absolute Gasteiger partial charge is 0.265 e. The van der Waals surface area contributed by atoms with Gasteiger partial charge < -0.3 is 15.8 Å². The summed E-state index contributed by atoms with van der Waals surface area (Å²) in [6.07, 6.45) is 1.65. The van der Waals surface area contributed by atoms with Crippen LogP contribution in [0.4, 0.5) is 0 Å². The molecule has 0 saturated carbocycles. The minimum absolute atomic E-state index is 0. The summed E-state index contributed by atoms with van der Waals surface area (Å²) in [6, 6.07) is 0. The maximum atomic E-state index is 12.2. The van der Waals surface area contributed by atoms with Crippen LogP contribution < -0.4 is 15.8 Å². The largest absolute Gasteiger partial charge is 0.494 e. The van der Waals surface area contributed by atoms with Crippen LogP contribution in [0.3, 0.4) is 0 Å². The van der Waals surface area contributed by atoms with Crippen molar-refractivity contribution >= 4 is 45.6 Å². The Morgan fingerprint density at radius 1 is 1.45 bits per heavy atom. The average Bonchev–Trinajstić information content (AvgIpc) is 2.71. The summed E-state index contributed by atoms with van der Waals surface area (Å²) in [4.78, 5) is 13.8. The third-order valence-corrected chi connectivity index (χ3v) is 5.69. The number of hydrogen-bond donors (Lipinski definition) is 2. The summed E-state index contributed by atoms with van der Waals surface area (Å²) in [7, 11) is 1.56. The molecule has 0 aliphatic rings. The molecule has 4 nitrogen and oxygen atoms in total. The Morgan fingerprint density at radius 2 is 2.00 bits per heavy atom. The van der Waals surface area contributed by atoms with E-state index in [9.17, 15) is 4.79 Å². The van der Waals surface area contributed by atoms with Gasteiger partial charge in [-0.3, -0.25) is 4.79 Å². The molecule has 7 heteroatoms. The second-order valence-electron chi connectivity index (χ2n) is 4.59. The molecule has 0 aliphatic heterocycles. The van der Waals surface area contributed by atoms with Crippen LogP contribution in [0.5, 0.6) is 5.75 Å². The molecule has 0 aliphatic carbocycles. The van der Waals surface area contributed by atoms with Crippen molar-refractivity contribution in [1.29, 1.82) is 0 Å². The Kier molecular flexibility index (Phi) is 8.09. The van der Waals surface area contributed by atoms with Gasteiger partial charge in [-0.15, -0.1) is 23.7 Å². The van der Waals surface area contributed by atoms with Crippen molar-refractivity contribution in [2.75, 3.05) is 13.7 Å². The van der Waals surface area contributed by atoms with Crippen LogP contribution >= 0.6 is 39.7 Å². The second kappa shape index (κ2) is 8.22. The molecule has 0 saturated heterocycles. The first-order chi connectivity index (χ1) is 8.88. The highest BCUT2D eigenvalue weighted by Crippen LogP contribution is 2.38. The fourth-order valence-electron chi connectivity index (χ4n) is 1.67. The molecule has 0 spiro atoms. The van der Waals surface area contributed by atoms with Crippen LogP contribution in [0.15, 0.2) is 4.47 Å². The summed E-state index contributed by atoms with van der Waals surface area (Å²) in [6.45, 7) is 6.47. The highest BCUT2D eigenvalue weighted by molar-refractivity contribution is 9.10. The first kappa shape index (κ1) is 19.7. The molecule has 0 atom stereocenters. The minimum atomic E-state index is -0.341. The monoisotopic (exact) mass is 384 g/mol. The first-order valence-electron chi connectivity index (χ1n) is 6.28. The number of nitrogens with two attached hydrogens (primary N) is 1. The van der Waals surface area contributed by atoms with Gasteiger partial charge in [-0.25, -0.2) is 0 Å². The van der Waals surface area contributed by atoms with Gasteiger partial charge in [-0.05, 0) is 35.7 Å². The molecule has 0 unspecified atom stereocenters. The molecule has 1 rings (SSSR count). The number of carbonyl (C=O) groups excluding carboxylic acids is 1. The standard InChI is InChI=1S/C13H21BrN2O2S.ClH/c1-5-13(15,6-2)7-16-12(17)11-10(18-4)9(14)8(3)19-11;/h5-7,15H2,1-4H3,(H,16,17);1H. The quantitative estimate of drug-likeness (QED) is 0.787. The van der Waals surface area contributed by atoms with Crippen LogP contribution in [0.2, 0.25) is 0 Å². The van der Waals surface area contributed by atoms with Gasteiger partial charge >= 0.3 is 0 Å². The van der Waals surface area contributed by atoms with Gasteiger partial charge in [-0.1, -0.05) is 13.8 Å². The number of hydrogen-bond acceptors (Lipinski definition) is 4. The molecule has 0 fully saturated rings. The van der Waals surface area contributed by atoms with Crippen LogP contribution in [-0.2, 0) is 0 Å². The van der Waals surface area contributed by atoms with E-state index in [2.05, 4.69) is 21.2 Å². The van der Waals surface area contributed by atoms with E-state index in [1.54, 1.807) is 7.11 Å². The van der Waals surface area contributed by atoms with Gasteiger partial charge in [0.15, 0.2) is 5.75 Å². The Hall–Kier alpha value is -0.300. The van der Waals surface area contributed by atoms with Gasteiger partial charge in [0.2, 0.25) is 0 Å². The van der Waals surface area contributed by atoms with Crippen molar-refractivity contribution < 1.29 is 9.53 Å². The average molecular weight is 386 g/mol. The lowest BCUT2D eigenvalue weighted by molar-refractivity contribution is 0.0943. The SMILES string of the molecule is CCC(N)(CC)CNC(=O)c1sc(C)c(Br)c1OC.Cl. The third-order valence-electron chi connectivity index (χ3n) is 3.39. The highest BCUT2D eigenvalue weighted by Gasteiger charge is 2.24. The van der Waals surface area contributed by atoms with E-state index >= 15 is 0 Å². The van der Waals surface area contributed by atoms with Gasteiger partial charge in [0.05, 0.1) is 11.6 Å². The number of nitrogens with one attached hydrogen (secondary N) is 1. The summed E-state index contributed by atoms with van der Waals surface area (Å²) in [5, 5.41) is 2.90. The molecular formula is C13H22BrClN2O2S. The molecule has 1 amide bonds. The van der Waals surface area contributed by atoms with E-state index in [4.69, 9.17) is 10.5 Å². The van der Waals surface area contributed by atoms with Gasteiger partial charge in [0, 0.05) is 17.0 Å². The number of carbonyl (C=O) groups is 1. The number of thiophene rings is 1. The lowest BCUT2D eigenvalue weighted by Crippen LogP contribution is -2.49. The molecule has 0 radical (unpaired) electrons. The van der Waals surface area contributed by atoms with Gasteiger partial charge in [0.25, 0.3) is 5.91 Å². The van der Waals surface area contributed by atoms with Crippen LogP contribution in [0.1, 0.15) is 41.2 Å². The number of ether oxygens (including phenoxy) is 1. The summed E-state index contributed by atoms with van der Waals surface area (Å²) in [5.41, 5.74) is 5.84. The van der Waals surface area contributed by atoms with Crippen molar-refractivity contribution in [2.45, 2.75) is 39.2 Å². The number of amides is 1. The lowest BCUT2D eigenvalue weighted by Gasteiger charge is -2.26. The van der Waals surface area contributed by atoms with E-state index in [1.165, 1.54) is 11.3 Å². The lowest BCUT2D eigenvalue weighted by atomic mass is 9.94. The van der Waals surface area contributed by atoms with Crippen molar-refractivity contribution in [2.24, 2.45) is 5.73 Å². The first-order valence-corrected chi connectivity index (χ1v) is 7.89. The molecule has 0 bridgehead atoms. The van der Waals surface area contributed by atoms with E-state index in [-0.39, 0.29) is 23.9 Å². The maximum absolute atomic E-state index is 12.2.